The Hall–Kier alpha value is -3.69. The molecule has 2 heterocycles. The van der Waals surface area contributed by atoms with E-state index in [1.165, 1.54) is 11.3 Å². The van der Waals surface area contributed by atoms with Crippen molar-refractivity contribution in [1.82, 2.24) is 4.57 Å². The Morgan fingerprint density at radius 2 is 1.82 bits per heavy atom. The molecule has 40 heavy (non-hydrogen) atoms. The third-order valence-electron chi connectivity index (χ3n) is 6.80. The van der Waals surface area contributed by atoms with Crippen LogP contribution in [0.1, 0.15) is 43.9 Å². The van der Waals surface area contributed by atoms with E-state index in [1.807, 2.05) is 67.6 Å². The van der Waals surface area contributed by atoms with Gasteiger partial charge in [0.15, 0.2) is 4.80 Å². The van der Waals surface area contributed by atoms with Gasteiger partial charge in [0.05, 0.1) is 36.6 Å². The molecule has 0 spiro atoms. The second kappa shape index (κ2) is 11.8. The first-order valence-corrected chi connectivity index (χ1v) is 14.6. The number of fused-ring (bicyclic) bond motifs is 2. The zero-order chi connectivity index (χ0) is 28.4. The quantitative estimate of drug-likeness (QED) is 0.243. The molecular weight excluding hydrogens is 592 g/mol. The van der Waals surface area contributed by atoms with Gasteiger partial charge in [-0.25, -0.2) is 9.79 Å². The maximum Gasteiger partial charge on any atom is 0.338 e. The van der Waals surface area contributed by atoms with E-state index in [4.69, 9.17) is 19.2 Å². The predicted molar refractivity (Wildman–Crippen MR) is 161 cm³/mol. The van der Waals surface area contributed by atoms with Gasteiger partial charge in [-0.2, -0.15) is 0 Å². The number of carbonyl (C=O) groups excluding carboxylic acids is 1. The van der Waals surface area contributed by atoms with Gasteiger partial charge in [0.2, 0.25) is 0 Å². The SMILES string of the molecule is CCCC1=C(C(=O)OCC)[C@@H](c2cc(Br)ccc2OC)n2c(s/c(=C/c3c(OC)ccc4ccccc34)c2=O)=N1. The normalized spacial score (nSPS) is 15.1. The molecule has 9 heteroatoms. The molecule has 0 radical (unpaired) electrons. The lowest BCUT2D eigenvalue weighted by atomic mass is 9.93. The van der Waals surface area contributed by atoms with Crippen molar-refractivity contribution >= 4 is 50.1 Å². The second-order valence-electron chi connectivity index (χ2n) is 9.20. The van der Waals surface area contributed by atoms with E-state index in [-0.39, 0.29) is 12.2 Å². The number of carbonyl (C=O) groups is 1. The van der Waals surface area contributed by atoms with Crippen LogP contribution in [0.2, 0.25) is 0 Å². The molecule has 7 nitrogen and oxygen atoms in total. The fraction of sp³-hybridized carbons (Fsp3) is 0.258. The van der Waals surface area contributed by atoms with Crippen LogP contribution in [0, 0.1) is 0 Å². The van der Waals surface area contributed by atoms with Crippen LogP contribution in [-0.4, -0.2) is 31.4 Å². The minimum atomic E-state index is -0.777. The summed E-state index contributed by atoms with van der Waals surface area (Å²) in [6.45, 7) is 4.00. The third-order valence-corrected chi connectivity index (χ3v) is 8.28. The van der Waals surface area contributed by atoms with Gasteiger partial charge >= 0.3 is 5.97 Å². The lowest BCUT2D eigenvalue weighted by Crippen LogP contribution is -2.40. The van der Waals surface area contributed by atoms with Crippen LogP contribution in [0.25, 0.3) is 16.8 Å². The molecule has 1 aliphatic rings. The lowest BCUT2D eigenvalue weighted by molar-refractivity contribution is -0.139. The van der Waals surface area contributed by atoms with E-state index in [2.05, 4.69) is 15.9 Å². The number of hydrogen-bond donors (Lipinski definition) is 0. The molecule has 4 aromatic rings. The summed E-state index contributed by atoms with van der Waals surface area (Å²) in [7, 11) is 3.19. The standard InChI is InChI=1S/C31H29BrN2O5S/c1-5-9-23-27(30(36)39-6-2)28(22-16-19(32)13-15-25(22)38-4)34-29(35)26(40-31(34)33-23)17-21-20-11-8-7-10-18(20)12-14-24(21)37-3/h7-8,10-17,28H,5-6,9H2,1-4H3/b26-17+/t28-/m1/s1. The minimum Gasteiger partial charge on any atom is -0.496 e. The summed E-state index contributed by atoms with van der Waals surface area (Å²) >= 11 is 4.85. The molecule has 0 unspecified atom stereocenters. The smallest absolute Gasteiger partial charge is 0.338 e. The molecule has 0 fully saturated rings. The Kier molecular flexibility index (Phi) is 8.23. The fourth-order valence-electron chi connectivity index (χ4n) is 5.07. The van der Waals surface area contributed by atoms with E-state index in [0.29, 0.717) is 44.1 Å². The highest BCUT2D eigenvalue weighted by Gasteiger charge is 2.36. The summed E-state index contributed by atoms with van der Waals surface area (Å²) in [6.07, 6.45) is 3.18. The molecule has 0 saturated heterocycles. The molecule has 0 aliphatic carbocycles. The van der Waals surface area contributed by atoms with Crippen molar-refractivity contribution in [2.45, 2.75) is 32.7 Å². The van der Waals surface area contributed by atoms with Gasteiger partial charge in [-0.3, -0.25) is 9.36 Å². The average molecular weight is 622 g/mol. The summed E-state index contributed by atoms with van der Waals surface area (Å²) in [4.78, 5) is 33.1. The van der Waals surface area contributed by atoms with Crippen LogP contribution in [0.5, 0.6) is 11.5 Å². The highest BCUT2D eigenvalue weighted by Crippen LogP contribution is 2.38. The van der Waals surface area contributed by atoms with Crippen molar-refractivity contribution in [2.75, 3.05) is 20.8 Å². The van der Waals surface area contributed by atoms with Crippen LogP contribution in [0.3, 0.4) is 0 Å². The molecule has 1 aliphatic heterocycles. The van der Waals surface area contributed by atoms with E-state index in [1.54, 1.807) is 25.7 Å². The molecule has 5 rings (SSSR count). The Morgan fingerprint density at radius 3 is 2.55 bits per heavy atom. The Balaban J connectivity index is 1.85. The number of halogens is 1. The third kappa shape index (κ3) is 4.99. The lowest BCUT2D eigenvalue weighted by Gasteiger charge is -2.27. The second-order valence-corrected chi connectivity index (χ2v) is 11.1. The number of rotatable bonds is 8. The van der Waals surface area contributed by atoms with Crippen LogP contribution in [0.15, 0.2) is 80.1 Å². The number of esters is 1. The Bertz CT molecular complexity index is 1820. The van der Waals surface area contributed by atoms with E-state index >= 15 is 0 Å². The molecule has 0 amide bonds. The molecule has 0 saturated carbocycles. The summed E-state index contributed by atoms with van der Waals surface area (Å²) in [6, 6.07) is 16.6. The summed E-state index contributed by atoms with van der Waals surface area (Å²) < 4.78 is 19.8. The topological polar surface area (TPSA) is 79.1 Å². The molecule has 0 bridgehead atoms. The number of hydrogen-bond acceptors (Lipinski definition) is 7. The highest BCUT2D eigenvalue weighted by atomic mass is 79.9. The molecular formula is C31H29BrN2O5S. The monoisotopic (exact) mass is 620 g/mol. The summed E-state index contributed by atoms with van der Waals surface area (Å²) in [5, 5.41) is 2.01. The largest absolute Gasteiger partial charge is 0.496 e. The van der Waals surface area contributed by atoms with Crippen molar-refractivity contribution in [3.05, 3.63) is 101 Å². The maximum absolute atomic E-state index is 14.2. The number of thiazole rings is 1. The van der Waals surface area contributed by atoms with Crippen LogP contribution >= 0.6 is 27.3 Å². The number of methoxy groups -OCH3 is 2. The van der Waals surface area contributed by atoms with Crippen molar-refractivity contribution < 1.29 is 19.0 Å². The zero-order valence-electron chi connectivity index (χ0n) is 22.7. The van der Waals surface area contributed by atoms with Crippen molar-refractivity contribution in [3.63, 3.8) is 0 Å². The van der Waals surface area contributed by atoms with Gasteiger partial charge < -0.3 is 14.2 Å². The van der Waals surface area contributed by atoms with Crippen molar-refractivity contribution in [3.8, 4) is 11.5 Å². The van der Waals surface area contributed by atoms with Crippen molar-refractivity contribution in [2.24, 2.45) is 4.99 Å². The van der Waals surface area contributed by atoms with Gasteiger partial charge in [-0.15, -0.1) is 0 Å². The number of allylic oxidation sites excluding steroid dienone is 1. The van der Waals surface area contributed by atoms with E-state index in [0.717, 1.165) is 27.2 Å². The first-order chi connectivity index (χ1) is 19.4. The van der Waals surface area contributed by atoms with Crippen LogP contribution in [-0.2, 0) is 9.53 Å². The van der Waals surface area contributed by atoms with Gasteiger partial charge in [-0.1, -0.05) is 70.9 Å². The van der Waals surface area contributed by atoms with Crippen LogP contribution < -0.4 is 24.4 Å². The predicted octanol–water partition coefficient (Wildman–Crippen LogP) is 5.51. The Morgan fingerprint density at radius 1 is 1.07 bits per heavy atom. The molecule has 1 aromatic heterocycles. The maximum atomic E-state index is 14.2. The fourth-order valence-corrected chi connectivity index (χ4v) is 6.45. The minimum absolute atomic E-state index is 0.204. The molecule has 0 N–H and O–H groups in total. The first-order valence-electron chi connectivity index (χ1n) is 13.0. The Labute approximate surface area is 244 Å². The van der Waals surface area contributed by atoms with Gasteiger partial charge in [0, 0.05) is 15.6 Å². The zero-order valence-corrected chi connectivity index (χ0v) is 25.1. The average Bonchev–Trinajstić information content (AvgIpc) is 3.27. The number of nitrogens with zero attached hydrogens (tertiary/aromatic N) is 2. The van der Waals surface area contributed by atoms with E-state index < -0.39 is 12.0 Å². The van der Waals surface area contributed by atoms with Crippen molar-refractivity contribution in [1.29, 1.82) is 0 Å². The van der Waals surface area contributed by atoms with Crippen LogP contribution in [0.4, 0.5) is 0 Å². The highest BCUT2D eigenvalue weighted by molar-refractivity contribution is 9.10. The summed E-state index contributed by atoms with van der Waals surface area (Å²) in [5.74, 6) is 0.721. The van der Waals surface area contributed by atoms with Gasteiger partial charge in [-0.05, 0) is 54.5 Å². The molecule has 3 aromatic carbocycles. The number of ether oxygens (including phenoxy) is 3. The van der Waals surface area contributed by atoms with Gasteiger partial charge in [0.1, 0.15) is 17.5 Å². The summed E-state index contributed by atoms with van der Waals surface area (Å²) in [5.41, 5.74) is 2.17. The van der Waals surface area contributed by atoms with Gasteiger partial charge in [0.25, 0.3) is 5.56 Å². The first kappa shape index (κ1) is 27.9. The number of benzene rings is 3. The molecule has 1 atom stereocenters. The molecule has 206 valence electrons. The van der Waals surface area contributed by atoms with E-state index in [9.17, 15) is 9.59 Å². The number of aromatic nitrogens is 1.